The summed E-state index contributed by atoms with van der Waals surface area (Å²) in [4.78, 5) is 3.97. The van der Waals surface area contributed by atoms with Crippen LogP contribution in [-0.2, 0) is 0 Å². The molecule has 0 saturated carbocycles. The summed E-state index contributed by atoms with van der Waals surface area (Å²) in [5.41, 5.74) is 0. The summed E-state index contributed by atoms with van der Waals surface area (Å²) in [6.07, 6.45) is 7.32. The zero-order chi connectivity index (χ0) is 7.40. The Balaban J connectivity index is 2.61. The van der Waals surface area contributed by atoms with Crippen molar-refractivity contribution in [1.29, 1.82) is 0 Å². The number of nitrogens with one attached hydrogen (secondary N) is 1. The van der Waals surface area contributed by atoms with E-state index in [1.165, 1.54) is 6.33 Å². The maximum Gasteiger partial charge on any atom is 0.137 e. The molecule has 10 heavy (non-hydrogen) atoms. The highest BCUT2D eigenvalue weighted by Gasteiger charge is 2.04. The van der Waals surface area contributed by atoms with Crippen molar-refractivity contribution in [3.63, 3.8) is 0 Å². The fourth-order valence-electron chi connectivity index (χ4n) is 0.726. The van der Waals surface area contributed by atoms with Gasteiger partial charge in [0.2, 0.25) is 0 Å². The van der Waals surface area contributed by atoms with Gasteiger partial charge in [-0.2, -0.15) is 5.10 Å². The van der Waals surface area contributed by atoms with Gasteiger partial charge in [0.1, 0.15) is 12.2 Å². The first-order valence-corrected chi connectivity index (χ1v) is 3.13. The summed E-state index contributed by atoms with van der Waals surface area (Å²) in [6.45, 7) is 2.01. The first-order valence-electron chi connectivity index (χ1n) is 3.13. The Labute approximate surface area is 59.9 Å². The topological polar surface area (TPSA) is 41.6 Å². The van der Waals surface area contributed by atoms with E-state index < -0.39 is 0 Å². The quantitative estimate of drug-likeness (QED) is 0.613. The van der Waals surface area contributed by atoms with Gasteiger partial charge in [0.25, 0.3) is 0 Å². The van der Waals surface area contributed by atoms with Gasteiger partial charge in [-0.15, -0.1) is 12.3 Å². The van der Waals surface area contributed by atoms with Crippen molar-refractivity contribution in [2.45, 2.75) is 19.3 Å². The number of nitrogens with zero attached hydrogens (tertiary/aromatic N) is 2. The first kappa shape index (κ1) is 6.81. The van der Waals surface area contributed by atoms with E-state index in [1.54, 1.807) is 0 Å². The predicted octanol–water partition coefficient (Wildman–Crippen LogP) is 0.931. The van der Waals surface area contributed by atoms with Crippen molar-refractivity contribution >= 4 is 0 Å². The number of rotatable bonds is 2. The summed E-state index contributed by atoms with van der Waals surface area (Å²) in [5, 5.41) is 6.49. The van der Waals surface area contributed by atoms with Crippen molar-refractivity contribution in [1.82, 2.24) is 15.2 Å². The lowest BCUT2D eigenvalue weighted by molar-refractivity contribution is 0.730. The number of hydrogen-bond acceptors (Lipinski definition) is 2. The second kappa shape index (κ2) is 3.02. The lowest BCUT2D eigenvalue weighted by atomic mass is 10.1. The molecule has 0 fully saturated rings. The molecule has 0 aliphatic heterocycles. The van der Waals surface area contributed by atoms with Gasteiger partial charge in [-0.05, 0) is 0 Å². The average Bonchev–Trinajstić information content (AvgIpc) is 2.38. The molecule has 0 aliphatic carbocycles. The van der Waals surface area contributed by atoms with E-state index in [1.807, 2.05) is 6.92 Å². The van der Waals surface area contributed by atoms with Gasteiger partial charge in [0, 0.05) is 12.3 Å². The molecule has 1 atom stereocenters. The van der Waals surface area contributed by atoms with Crippen LogP contribution in [0, 0.1) is 12.3 Å². The van der Waals surface area contributed by atoms with E-state index in [-0.39, 0.29) is 5.92 Å². The molecule has 0 amide bonds. The van der Waals surface area contributed by atoms with Gasteiger partial charge in [-0.1, -0.05) is 6.92 Å². The van der Waals surface area contributed by atoms with Gasteiger partial charge in [-0.3, -0.25) is 5.10 Å². The van der Waals surface area contributed by atoms with Crippen LogP contribution in [0.5, 0.6) is 0 Å². The van der Waals surface area contributed by atoms with E-state index in [0.717, 1.165) is 5.82 Å². The second-order valence-electron chi connectivity index (χ2n) is 2.18. The fourth-order valence-corrected chi connectivity index (χ4v) is 0.726. The number of H-pyrrole nitrogens is 1. The first-order chi connectivity index (χ1) is 4.84. The number of hydrogen-bond donors (Lipinski definition) is 1. The molecule has 0 spiro atoms. The Kier molecular flexibility index (Phi) is 2.06. The van der Waals surface area contributed by atoms with Crippen molar-refractivity contribution in [2.75, 3.05) is 0 Å². The molecule has 0 unspecified atom stereocenters. The maximum absolute atomic E-state index is 5.12. The van der Waals surface area contributed by atoms with Crippen LogP contribution in [0.2, 0.25) is 0 Å². The molecule has 0 saturated heterocycles. The lowest BCUT2D eigenvalue weighted by Gasteiger charge is -1.99. The molecule has 52 valence electrons. The van der Waals surface area contributed by atoms with Crippen LogP contribution in [0.1, 0.15) is 25.1 Å². The van der Waals surface area contributed by atoms with Crippen LogP contribution in [0.25, 0.3) is 0 Å². The molecule has 0 radical (unpaired) electrons. The fraction of sp³-hybridized carbons (Fsp3) is 0.429. The highest BCUT2D eigenvalue weighted by atomic mass is 15.2. The Hall–Kier alpha value is -1.30. The van der Waals surface area contributed by atoms with Crippen LogP contribution in [0.3, 0.4) is 0 Å². The van der Waals surface area contributed by atoms with Crippen LogP contribution >= 0.6 is 0 Å². The summed E-state index contributed by atoms with van der Waals surface area (Å²) in [6, 6.07) is 0. The van der Waals surface area contributed by atoms with Crippen molar-refractivity contribution in [2.24, 2.45) is 0 Å². The van der Waals surface area contributed by atoms with Gasteiger partial charge in [0.05, 0.1) is 0 Å². The molecule has 0 aliphatic rings. The van der Waals surface area contributed by atoms with E-state index in [2.05, 4.69) is 21.1 Å². The third-order valence-corrected chi connectivity index (χ3v) is 1.32. The molecule has 1 aromatic heterocycles. The molecule has 1 N–H and O–H groups in total. The lowest BCUT2D eigenvalue weighted by Crippen LogP contribution is -1.94. The summed E-state index contributed by atoms with van der Waals surface area (Å²) in [5.74, 6) is 3.71. The largest absolute Gasteiger partial charge is 0.263 e. The minimum absolute atomic E-state index is 0.285. The Morgan fingerprint density at radius 1 is 1.90 bits per heavy atom. The third kappa shape index (κ3) is 1.35. The normalized spacial score (nSPS) is 12.4. The van der Waals surface area contributed by atoms with Gasteiger partial charge >= 0.3 is 0 Å². The van der Waals surface area contributed by atoms with Crippen molar-refractivity contribution in [3.05, 3.63) is 12.2 Å². The highest BCUT2D eigenvalue weighted by molar-refractivity contribution is 4.98. The molecule has 3 nitrogen and oxygen atoms in total. The minimum Gasteiger partial charge on any atom is -0.263 e. The van der Waals surface area contributed by atoms with Crippen LogP contribution in [0.4, 0.5) is 0 Å². The average molecular weight is 135 g/mol. The maximum atomic E-state index is 5.12. The standard InChI is InChI=1S/C7H9N3/c1-3-4-6(2)7-8-5-9-10-7/h1,5-6H,4H2,2H3,(H,8,9,10)/t6-/m0/s1. The monoisotopic (exact) mass is 135 g/mol. The minimum atomic E-state index is 0.285. The van der Waals surface area contributed by atoms with Gasteiger partial charge < -0.3 is 0 Å². The molecular formula is C7H9N3. The molecule has 1 rings (SSSR count). The Morgan fingerprint density at radius 2 is 2.70 bits per heavy atom. The number of terminal acetylenes is 1. The zero-order valence-corrected chi connectivity index (χ0v) is 5.83. The Morgan fingerprint density at radius 3 is 3.20 bits per heavy atom. The summed E-state index contributed by atoms with van der Waals surface area (Å²) < 4.78 is 0. The molecule has 0 aromatic carbocycles. The third-order valence-electron chi connectivity index (χ3n) is 1.32. The van der Waals surface area contributed by atoms with E-state index >= 15 is 0 Å². The molecule has 0 bridgehead atoms. The predicted molar refractivity (Wildman–Crippen MR) is 38.2 cm³/mol. The van der Waals surface area contributed by atoms with Crippen LogP contribution in [0.15, 0.2) is 6.33 Å². The summed E-state index contributed by atoms with van der Waals surface area (Å²) >= 11 is 0. The number of aromatic amines is 1. The van der Waals surface area contributed by atoms with Crippen LogP contribution < -0.4 is 0 Å². The molecule has 1 aromatic rings. The number of aromatic nitrogens is 3. The Bertz CT molecular complexity index is 219. The van der Waals surface area contributed by atoms with Gasteiger partial charge in [-0.25, -0.2) is 4.98 Å². The summed E-state index contributed by atoms with van der Waals surface area (Å²) in [7, 11) is 0. The van der Waals surface area contributed by atoms with E-state index in [9.17, 15) is 0 Å². The van der Waals surface area contributed by atoms with Gasteiger partial charge in [0.15, 0.2) is 0 Å². The molecule has 3 heteroatoms. The van der Waals surface area contributed by atoms with Crippen LogP contribution in [-0.4, -0.2) is 15.2 Å². The zero-order valence-electron chi connectivity index (χ0n) is 5.83. The van der Waals surface area contributed by atoms with E-state index in [0.29, 0.717) is 6.42 Å². The SMILES string of the molecule is C#CC[C@H](C)c1ncn[nH]1. The molecule has 1 heterocycles. The van der Waals surface area contributed by atoms with Crippen molar-refractivity contribution in [3.8, 4) is 12.3 Å². The highest BCUT2D eigenvalue weighted by Crippen LogP contribution is 2.11. The van der Waals surface area contributed by atoms with Crippen molar-refractivity contribution < 1.29 is 0 Å². The van der Waals surface area contributed by atoms with E-state index in [4.69, 9.17) is 6.42 Å². The smallest absolute Gasteiger partial charge is 0.137 e. The molecular weight excluding hydrogens is 126 g/mol. The second-order valence-corrected chi connectivity index (χ2v) is 2.18.